The van der Waals surface area contributed by atoms with Crippen LogP contribution in [-0.4, -0.2) is 58.3 Å². The van der Waals surface area contributed by atoms with Crippen molar-refractivity contribution < 1.29 is 21.6 Å². The fourth-order valence-electron chi connectivity index (χ4n) is 3.38. The van der Waals surface area contributed by atoms with Crippen LogP contribution in [0.15, 0.2) is 29.2 Å². The molecule has 1 N–H and O–H groups in total. The van der Waals surface area contributed by atoms with Gasteiger partial charge in [-0.3, -0.25) is 4.79 Å². The number of hydrogen-bond donors (Lipinski definition) is 1. The summed E-state index contributed by atoms with van der Waals surface area (Å²) in [5, 5.41) is -0.390. The minimum atomic E-state index is -3.65. The fourth-order valence-corrected chi connectivity index (χ4v) is 6.65. The first-order chi connectivity index (χ1) is 13.0. The molecule has 1 saturated heterocycles. The maximum Gasteiger partial charge on any atom is 0.240 e. The molecule has 1 amide bonds. The average molecular weight is 431 g/mol. The maximum absolute atomic E-state index is 12.4. The topological polar surface area (TPSA) is 101 Å². The van der Waals surface area contributed by atoms with Crippen LogP contribution in [0.2, 0.25) is 0 Å². The summed E-state index contributed by atoms with van der Waals surface area (Å²) in [6, 6.07) is 6.58. The van der Waals surface area contributed by atoms with Crippen molar-refractivity contribution in [1.29, 1.82) is 0 Å². The van der Waals surface area contributed by atoms with Gasteiger partial charge < -0.3 is 4.90 Å². The smallest absolute Gasteiger partial charge is 0.240 e. The number of benzene rings is 1. The third-order valence-corrected chi connectivity index (χ3v) is 8.88. The Morgan fingerprint density at radius 3 is 2.39 bits per heavy atom. The van der Waals surface area contributed by atoms with Crippen molar-refractivity contribution in [2.45, 2.75) is 50.2 Å². The van der Waals surface area contributed by atoms with Crippen LogP contribution in [0, 0.1) is 12.8 Å². The second kappa shape index (κ2) is 9.37. The number of likely N-dealkylation sites (tertiary alicyclic amines) is 1. The predicted molar refractivity (Wildman–Crippen MR) is 109 cm³/mol. The highest BCUT2D eigenvalue weighted by Gasteiger charge is 2.31. The molecule has 0 unspecified atom stereocenters. The second-order valence-electron chi connectivity index (χ2n) is 7.77. The molecule has 0 aliphatic carbocycles. The van der Waals surface area contributed by atoms with E-state index in [1.807, 2.05) is 26.8 Å². The Balaban J connectivity index is 1.82. The summed E-state index contributed by atoms with van der Waals surface area (Å²) < 4.78 is 51.7. The van der Waals surface area contributed by atoms with Gasteiger partial charge in [-0.2, -0.15) is 0 Å². The van der Waals surface area contributed by atoms with E-state index in [9.17, 15) is 21.6 Å². The number of rotatable bonds is 8. The summed E-state index contributed by atoms with van der Waals surface area (Å²) >= 11 is 0. The first-order valence-electron chi connectivity index (χ1n) is 9.57. The molecule has 0 saturated carbocycles. The van der Waals surface area contributed by atoms with Crippen LogP contribution in [0.4, 0.5) is 0 Å². The molecule has 1 aromatic carbocycles. The van der Waals surface area contributed by atoms with Crippen LogP contribution >= 0.6 is 0 Å². The van der Waals surface area contributed by atoms with Crippen molar-refractivity contribution >= 4 is 25.8 Å². The summed E-state index contributed by atoms with van der Waals surface area (Å²) in [5.74, 6) is 0.101. The largest absolute Gasteiger partial charge is 0.343 e. The van der Waals surface area contributed by atoms with Crippen molar-refractivity contribution in [3.05, 3.63) is 29.8 Å². The Morgan fingerprint density at radius 1 is 1.18 bits per heavy atom. The number of nitrogens with one attached hydrogen (secondary N) is 1. The van der Waals surface area contributed by atoms with Crippen molar-refractivity contribution in [3.8, 4) is 0 Å². The molecule has 0 radical (unpaired) electrons. The van der Waals surface area contributed by atoms with Gasteiger partial charge in [-0.25, -0.2) is 21.6 Å². The van der Waals surface area contributed by atoms with Crippen LogP contribution in [0.1, 0.15) is 38.7 Å². The lowest BCUT2D eigenvalue weighted by molar-refractivity contribution is -0.131. The van der Waals surface area contributed by atoms with Crippen LogP contribution in [-0.2, 0) is 24.7 Å². The van der Waals surface area contributed by atoms with Gasteiger partial charge in [0, 0.05) is 26.1 Å². The molecular weight excluding hydrogens is 400 g/mol. The summed E-state index contributed by atoms with van der Waals surface area (Å²) in [6.07, 6.45) is 0.931. The highest BCUT2D eigenvalue weighted by molar-refractivity contribution is 7.92. The van der Waals surface area contributed by atoms with Gasteiger partial charge in [0.1, 0.15) is 0 Å². The van der Waals surface area contributed by atoms with Gasteiger partial charge in [-0.05, 0) is 43.4 Å². The molecule has 9 heteroatoms. The normalized spacial score (nSPS) is 16.5. The molecule has 0 atom stereocenters. The standard InChI is InChI=1S/C19H30N2O5S2/c1-15(2)14-27(23,24)17-8-11-21(12-9-17)19(22)7-10-20-28(25,26)18-6-4-5-16(3)13-18/h4-6,13,15,17,20H,7-12,14H2,1-3H3. The SMILES string of the molecule is Cc1cccc(S(=O)(=O)NCCC(=O)N2CCC(S(=O)(=O)CC(C)C)CC2)c1. The van der Waals surface area contributed by atoms with Crippen molar-refractivity contribution in [2.24, 2.45) is 5.92 Å². The van der Waals surface area contributed by atoms with E-state index in [1.54, 1.807) is 17.0 Å². The van der Waals surface area contributed by atoms with E-state index in [-0.39, 0.29) is 35.4 Å². The Kier molecular flexibility index (Phi) is 7.64. The van der Waals surface area contributed by atoms with E-state index in [4.69, 9.17) is 0 Å². The Hall–Kier alpha value is -1.45. The molecule has 1 heterocycles. The third-order valence-electron chi connectivity index (χ3n) is 4.80. The zero-order valence-electron chi connectivity index (χ0n) is 16.7. The molecule has 1 aromatic rings. The van der Waals surface area contributed by atoms with E-state index in [1.165, 1.54) is 6.07 Å². The number of piperidine rings is 1. The van der Waals surface area contributed by atoms with E-state index >= 15 is 0 Å². The number of sulfonamides is 1. The van der Waals surface area contributed by atoms with Crippen LogP contribution < -0.4 is 4.72 Å². The summed E-state index contributed by atoms with van der Waals surface area (Å²) in [7, 11) is -6.78. The van der Waals surface area contributed by atoms with Gasteiger partial charge in [0.25, 0.3) is 0 Å². The number of sulfone groups is 1. The Bertz CT molecular complexity index is 887. The van der Waals surface area contributed by atoms with Gasteiger partial charge in [0.15, 0.2) is 9.84 Å². The molecule has 0 aromatic heterocycles. The molecule has 2 rings (SSSR count). The van der Waals surface area contributed by atoms with Gasteiger partial charge in [0.2, 0.25) is 15.9 Å². The van der Waals surface area contributed by atoms with Gasteiger partial charge in [-0.1, -0.05) is 26.0 Å². The zero-order valence-corrected chi connectivity index (χ0v) is 18.4. The monoisotopic (exact) mass is 430 g/mol. The molecule has 0 spiro atoms. The third kappa shape index (κ3) is 6.28. The number of nitrogens with zero attached hydrogens (tertiary/aromatic N) is 1. The van der Waals surface area contributed by atoms with Gasteiger partial charge >= 0.3 is 0 Å². The average Bonchev–Trinajstić information content (AvgIpc) is 2.60. The number of aryl methyl sites for hydroxylation is 1. The fraction of sp³-hybridized carbons (Fsp3) is 0.632. The number of amides is 1. The Morgan fingerprint density at radius 2 is 1.82 bits per heavy atom. The van der Waals surface area contributed by atoms with Crippen LogP contribution in [0.3, 0.4) is 0 Å². The molecule has 28 heavy (non-hydrogen) atoms. The number of carbonyl (C=O) groups excluding carboxylic acids is 1. The second-order valence-corrected chi connectivity index (χ2v) is 11.9. The van der Waals surface area contributed by atoms with E-state index in [2.05, 4.69) is 4.72 Å². The molecular formula is C19H30N2O5S2. The highest BCUT2D eigenvalue weighted by Crippen LogP contribution is 2.21. The van der Waals surface area contributed by atoms with E-state index < -0.39 is 25.1 Å². The molecule has 1 aliphatic rings. The van der Waals surface area contributed by atoms with Crippen LogP contribution in [0.5, 0.6) is 0 Å². The van der Waals surface area contributed by atoms with Crippen molar-refractivity contribution in [2.75, 3.05) is 25.4 Å². The Labute approximate surface area is 168 Å². The highest BCUT2D eigenvalue weighted by atomic mass is 32.2. The zero-order chi connectivity index (χ0) is 20.9. The maximum atomic E-state index is 12.4. The number of carbonyl (C=O) groups is 1. The minimum absolute atomic E-state index is 0.0146. The lowest BCUT2D eigenvalue weighted by Crippen LogP contribution is -2.44. The quantitative estimate of drug-likeness (QED) is 0.677. The molecule has 7 nitrogen and oxygen atoms in total. The number of hydrogen-bond acceptors (Lipinski definition) is 5. The van der Waals surface area contributed by atoms with Crippen LogP contribution in [0.25, 0.3) is 0 Å². The first kappa shape index (κ1) is 22.8. The lowest BCUT2D eigenvalue weighted by Gasteiger charge is -2.32. The minimum Gasteiger partial charge on any atom is -0.343 e. The predicted octanol–water partition coefficient (Wildman–Crippen LogP) is 1.73. The molecule has 158 valence electrons. The van der Waals surface area contributed by atoms with Gasteiger partial charge in [0.05, 0.1) is 15.9 Å². The van der Waals surface area contributed by atoms with Crippen molar-refractivity contribution in [1.82, 2.24) is 9.62 Å². The lowest BCUT2D eigenvalue weighted by atomic mass is 10.1. The molecule has 0 bridgehead atoms. The molecule has 1 fully saturated rings. The molecule has 1 aliphatic heterocycles. The summed E-state index contributed by atoms with van der Waals surface area (Å²) in [4.78, 5) is 14.2. The van der Waals surface area contributed by atoms with E-state index in [0.717, 1.165) is 5.56 Å². The first-order valence-corrected chi connectivity index (χ1v) is 12.8. The van der Waals surface area contributed by atoms with E-state index in [0.29, 0.717) is 25.9 Å². The summed E-state index contributed by atoms with van der Waals surface area (Å²) in [6.45, 7) is 6.38. The summed E-state index contributed by atoms with van der Waals surface area (Å²) in [5.41, 5.74) is 0.842. The van der Waals surface area contributed by atoms with Gasteiger partial charge in [-0.15, -0.1) is 0 Å². The van der Waals surface area contributed by atoms with Crippen molar-refractivity contribution in [3.63, 3.8) is 0 Å².